The first kappa shape index (κ1) is 27.4. The molecule has 0 saturated carbocycles. The molecule has 31 heavy (non-hydrogen) atoms. The first-order chi connectivity index (χ1) is 13.8. The molecule has 0 unspecified atom stereocenters. The van der Waals surface area contributed by atoms with Crippen LogP contribution in [0.25, 0.3) is 0 Å². The van der Waals surface area contributed by atoms with Crippen LogP contribution in [0.4, 0.5) is 0 Å². The highest BCUT2D eigenvalue weighted by Gasteiger charge is 2.24. The van der Waals surface area contributed by atoms with E-state index in [0.29, 0.717) is 30.5 Å². The van der Waals surface area contributed by atoms with Crippen LogP contribution in [0.1, 0.15) is 58.8 Å². The van der Waals surface area contributed by atoms with Crippen molar-refractivity contribution in [2.75, 3.05) is 7.05 Å². The number of aliphatic imine (C=N–C) groups is 1. The maximum Gasteiger partial charge on any atom is 0.241 e. The highest BCUT2D eigenvalue weighted by Crippen LogP contribution is 2.22. The van der Waals surface area contributed by atoms with Crippen molar-refractivity contribution in [2.45, 2.75) is 70.5 Å². The van der Waals surface area contributed by atoms with E-state index in [4.69, 9.17) is 4.42 Å². The number of halogens is 1. The molecule has 0 atom stereocenters. The summed E-state index contributed by atoms with van der Waals surface area (Å²) in [6.45, 7) is 12.3. The van der Waals surface area contributed by atoms with Gasteiger partial charge in [0.05, 0.1) is 17.6 Å². The zero-order valence-electron chi connectivity index (χ0n) is 19.2. The second-order valence-corrected chi connectivity index (χ2v) is 10.8. The van der Waals surface area contributed by atoms with Crippen LogP contribution in [0.5, 0.6) is 0 Å². The predicted molar refractivity (Wildman–Crippen MR) is 134 cm³/mol. The summed E-state index contributed by atoms with van der Waals surface area (Å²) in [4.78, 5) is 8.71. The van der Waals surface area contributed by atoms with Gasteiger partial charge in [-0.25, -0.2) is 18.1 Å². The Hall–Kier alpha value is -1.66. The van der Waals surface area contributed by atoms with Crippen LogP contribution in [0, 0.1) is 0 Å². The summed E-state index contributed by atoms with van der Waals surface area (Å²) in [6.07, 6.45) is 1.73. The molecule has 1 aromatic heterocycles. The minimum Gasteiger partial charge on any atom is -0.443 e. The number of hydrogen-bond acceptors (Lipinski definition) is 5. The van der Waals surface area contributed by atoms with Crippen LogP contribution < -0.4 is 15.4 Å². The van der Waals surface area contributed by atoms with E-state index >= 15 is 0 Å². The molecule has 3 N–H and O–H groups in total. The standard InChI is InChI=1S/C21H33N5O3S.HI/c1-20(2,3)17-13-23-18(29-17)14-25-19(22-7)24-12-15-10-8-9-11-16(15)30(27,28)26-21(4,5)6;/h8-11,13,26H,12,14H2,1-7H3,(H2,22,24,25);1H. The van der Waals surface area contributed by atoms with E-state index in [0.717, 1.165) is 5.76 Å². The molecule has 2 aromatic rings. The zero-order valence-corrected chi connectivity index (χ0v) is 22.4. The molecule has 0 fully saturated rings. The number of guanidine groups is 1. The fraction of sp³-hybridized carbons (Fsp3) is 0.524. The molecule has 8 nitrogen and oxygen atoms in total. The van der Waals surface area contributed by atoms with Crippen LogP contribution >= 0.6 is 24.0 Å². The number of nitrogens with one attached hydrogen (secondary N) is 3. The van der Waals surface area contributed by atoms with Gasteiger partial charge in [-0.2, -0.15) is 0 Å². The first-order valence-electron chi connectivity index (χ1n) is 9.83. The average molecular weight is 564 g/mol. The van der Waals surface area contributed by atoms with Crippen molar-refractivity contribution >= 4 is 40.0 Å². The Labute approximate surface area is 202 Å². The second-order valence-electron chi connectivity index (χ2n) is 9.11. The molecule has 0 spiro atoms. The summed E-state index contributed by atoms with van der Waals surface area (Å²) < 4.78 is 34.0. The Bertz CT molecular complexity index is 989. The van der Waals surface area contributed by atoms with Gasteiger partial charge in [-0.3, -0.25) is 4.99 Å². The Morgan fingerprint density at radius 2 is 1.68 bits per heavy atom. The SMILES string of the molecule is CN=C(NCc1ncc(C(C)(C)C)o1)NCc1ccccc1S(=O)(=O)NC(C)(C)C.I. The first-order valence-corrected chi connectivity index (χ1v) is 11.3. The van der Waals surface area contributed by atoms with Crippen LogP contribution in [0.2, 0.25) is 0 Å². The largest absolute Gasteiger partial charge is 0.443 e. The van der Waals surface area contributed by atoms with Gasteiger partial charge in [-0.05, 0) is 32.4 Å². The fourth-order valence-electron chi connectivity index (χ4n) is 2.67. The van der Waals surface area contributed by atoms with Gasteiger partial charge in [0, 0.05) is 24.5 Å². The molecule has 0 bridgehead atoms. The van der Waals surface area contributed by atoms with Gasteiger partial charge in [0.1, 0.15) is 5.76 Å². The molecule has 1 aromatic carbocycles. The maximum absolute atomic E-state index is 12.8. The fourth-order valence-corrected chi connectivity index (χ4v) is 4.33. The Morgan fingerprint density at radius 1 is 1.06 bits per heavy atom. The third-order valence-corrected chi connectivity index (χ3v) is 5.93. The minimum absolute atomic E-state index is 0. The van der Waals surface area contributed by atoms with Gasteiger partial charge in [0.2, 0.25) is 15.9 Å². The Morgan fingerprint density at radius 3 is 2.23 bits per heavy atom. The van der Waals surface area contributed by atoms with Crippen molar-refractivity contribution in [3.63, 3.8) is 0 Å². The molecule has 174 valence electrons. The molecular weight excluding hydrogens is 529 g/mol. The van der Waals surface area contributed by atoms with Gasteiger partial charge in [0.15, 0.2) is 5.96 Å². The van der Waals surface area contributed by atoms with Crippen molar-refractivity contribution in [1.29, 1.82) is 0 Å². The molecule has 1 heterocycles. The molecule has 0 saturated heterocycles. The number of oxazole rings is 1. The Kier molecular flexibility index (Phi) is 9.51. The van der Waals surface area contributed by atoms with Crippen LogP contribution in [-0.2, 0) is 28.5 Å². The molecular formula is C21H34IN5O3S. The van der Waals surface area contributed by atoms with E-state index in [1.165, 1.54) is 0 Å². The van der Waals surface area contributed by atoms with Gasteiger partial charge in [-0.1, -0.05) is 39.0 Å². The number of hydrogen-bond donors (Lipinski definition) is 3. The maximum atomic E-state index is 12.8. The van der Waals surface area contributed by atoms with Gasteiger partial charge in [0.25, 0.3) is 0 Å². The van der Waals surface area contributed by atoms with Gasteiger partial charge < -0.3 is 15.1 Å². The summed E-state index contributed by atoms with van der Waals surface area (Å²) in [7, 11) is -2.00. The summed E-state index contributed by atoms with van der Waals surface area (Å²) in [5.41, 5.74) is -0.0382. The van der Waals surface area contributed by atoms with Crippen molar-refractivity contribution < 1.29 is 12.8 Å². The lowest BCUT2D eigenvalue weighted by Crippen LogP contribution is -2.41. The summed E-state index contributed by atoms with van der Waals surface area (Å²) in [5, 5.41) is 6.28. The van der Waals surface area contributed by atoms with Gasteiger partial charge in [-0.15, -0.1) is 24.0 Å². The molecule has 0 amide bonds. The molecule has 2 rings (SSSR count). The number of benzene rings is 1. The van der Waals surface area contributed by atoms with E-state index < -0.39 is 15.6 Å². The van der Waals surface area contributed by atoms with Crippen LogP contribution in [0.3, 0.4) is 0 Å². The highest BCUT2D eigenvalue weighted by molar-refractivity contribution is 14.0. The number of aromatic nitrogens is 1. The molecule has 0 aliphatic carbocycles. The van der Waals surface area contributed by atoms with E-state index in [1.54, 1.807) is 31.4 Å². The quantitative estimate of drug-likeness (QED) is 0.282. The lowest BCUT2D eigenvalue weighted by Gasteiger charge is -2.22. The third-order valence-electron chi connectivity index (χ3n) is 4.07. The summed E-state index contributed by atoms with van der Waals surface area (Å²) in [6, 6.07) is 6.90. The summed E-state index contributed by atoms with van der Waals surface area (Å²) >= 11 is 0. The average Bonchev–Trinajstić information content (AvgIpc) is 3.09. The van der Waals surface area contributed by atoms with E-state index in [-0.39, 0.29) is 34.3 Å². The monoisotopic (exact) mass is 563 g/mol. The number of nitrogens with zero attached hydrogens (tertiary/aromatic N) is 2. The van der Waals surface area contributed by atoms with Crippen LogP contribution in [0.15, 0.2) is 44.8 Å². The molecule has 0 radical (unpaired) electrons. The van der Waals surface area contributed by atoms with Crippen molar-refractivity contribution in [3.05, 3.63) is 47.7 Å². The van der Waals surface area contributed by atoms with Gasteiger partial charge >= 0.3 is 0 Å². The van der Waals surface area contributed by atoms with Crippen molar-refractivity contribution in [1.82, 2.24) is 20.3 Å². The molecule has 0 aliphatic rings. The molecule has 10 heteroatoms. The van der Waals surface area contributed by atoms with Crippen LogP contribution in [-0.4, -0.2) is 31.9 Å². The zero-order chi connectivity index (χ0) is 22.6. The number of rotatable bonds is 6. The van der Waals surface area contributed by atoms with E-state index in [1.807, 2.05) is 26.8 Å². The minimum atomic E-state index is -3.65. The third kappa shape index (κ3) is 8.41. The lowest BCUT2D eigenvalue weighted by molar-refractivity contribution is 0.379. The normalized spacial score (nSPS) is 12.9. The smallest absolute Gasteiger partial charge is 0.241 e. The number of sulfonamides is 1. The molecule has 0 aliphatic heterocycles. The topological polar surface area (TPSA) is 109 Å². The highest BCUT2D eigenvalue weighted by atomic mass is 127. The second kappa shape index (κ2) is 10.8. The van der Waals surface area contributed by atoms with Crippen molar-refractivity contribution in [3.8, 4) is 0 Å². The van der Waals surface area contributed by atoms with Crippen molar-refractivity contribution in [2.24, 2.45) is 4.99 Å². The Balaban J connectivity index is 0.00000480. The lowest BCUT2D eigenvalue weighted by atomic mass is 9.94. The van der Waals surface area contributed by atoms with E-state index in [9.17, 15) is 8.42 Å². The summed E-state index contributed by atoms with van der Waals surface area (Å²) in [5.74, 6) is 1.88. The van der Waals surface area contributed by atoms with E-state index in [2.05, 4.69) is 46.1 Å². The predicted octanol–water partition coefficient (Wildman–Crippen LogP) is 3.53.